The van der Waals surface area contributed by atoms with E-state index in [1.807, 2.05) is 35.3 Å². The molecule has 0 aliphatic heterocycles. The molecule has 1 aromatic carbocycles. The number of rotatable bonds is 5. The molecule has 21 heavy (non-hydrogen) atoms. The van der Waals surface area contributed by atoms with Gasteiger partial charge in [0.25, 0.3) is 0 Å². The van der Waals surface area contributed by atoms with Gasteiger partial charge in [-0.1, -0.05) is 49.0 Å². The zero-order chi connectivity index (χ0) is 14.7. The Morgan fingerprint density at radius 2 is 1.95 bits per heavy atom. The van der Waals surface area contributed by atoms with Gasteiger partial charge < -0.3 is 0 Å². The third-order valence-corrected chi connectivity index (χ3v) is 4.50. The lowest BCUT2D eigenvalue weighted by atomic mass is 10.2. The van der Waals surface area contributed by atoms with E-state index in [0.29, 0.717) is 0 Å². The monoisotopic (exact) mass is 316 g/mol. The van der Waals surface area contributed by atoms with Gasteiger partial charge >= 0.3 is 0 Å². The second-order valence-electron chi connectivity index (χ2n) is 4.47. The van der Waals surface area contributed by atoms with Crippen LogP contribution in [0.2, 0.25) is 0 Å². The average Bonchev–Trinajstić information content (AvgIpc) is 2.92. The van der Waals surface area contributed by atoms with E-state index < -0.39 is 0 Å². The largest absolute Gasteiger partial charge is 0.243 e. The van der Waals surface area contributed by atoms with Gasteiger partial charge in [0.05, 0.1) is 18.1 Å². The molecule has 4 nitrogen and oxygen atoms in total. The summed E-state index contributed by atoms with van der Waals surface area (Å²) in [6.07, 6.45) is 3.87. The molecule has 6 heteroatoms. The van der Waals surface area contributed by atoms with Crippen LogP contribution in [-0.4, -0.2) is 31.8 Å². The molecule has 0 radical (unpaired) electrons. The molecule has 0 aliphatic rings. The minimum Gasteiger partial charge on any atom is -0.243 e. The van der Waals surface area contributed by atoms with Crippen LogP contribution < -0.4 is 0 Å². The van der Waals surface area contributed by atoms with Crippen molar-refractivity contribution in [3.05, 3.63) is 42.1 Å². The summed E-state index contributed by atoms with van der Waals surface area (Å²) in [5.74, 6) is 0.990. The number of benzene rings is 1. The Kier molecular flexibility index (Phi) is 4.45. The predicted molar refractivity (Wildman–Crippen MR) is 89.0 cm³/mol. The second-order valence-corrected chi connectivity index (χ2v) is 6.50. The van der Waals surface area contributed by atoms with Crippen molar-refractivity contribution < 1.29 is 0 Å². The van der Waals surface area contributed by atoms with Gasteiger partial charge in [-0.2, -0.15) is 5.10 Å². The van der Waals surface area contributed by atoms with Gasteiger partial charge in [0.2, 0.25) is 0 Å². The number of aromatic nitrogens is 4. The van der Waals surface area contributed by atoms with Crippen LogP contribution in [0.25, 0.3) is 11.0 Å². The first-order valence-corrected chi connectivity index (χ1v) is 8.97. The summed E-state index contributed by atoms with van der Waals surface area (Å²) in [6.45, 7) is 2.86. The van der Waals surface area contributed by atoms with Gasteiger partial charge in [-0.15, -0.1) is 11.8 Å². The van der Waals surface area contributed by atoms with Crippen molar-refractivity contribution in [2.75, 3.05) is 12.0 Å². The quantitative estimate of drug-likeness (QED) is 0.408. The van der Waals surface area contributed by atoms with E-state index in [1.165, 1.54) is 5.56 Å². The minimum atomic E-state index is 0.728. The highest BCUT2D eigenvalue weighted by atomic mass is 32.2. The smallest absolute Gasteiger partial charge is 0.190 e. The van der Waals surface area contributed by atoms with Crippen LogP contribution in [0.3, 0.4) is 0 Å². The number of nitrogens with zero attached hydrogens (tertiary/aromatic N) is 4. The molecule has 0 N–H and O–H groups in total. The van der Waals surface area contributed by atoms with Crippen molar-refractivity contribution in [2.45, 2.75) is 23.7 Å². The molecular weight excluding hydrogens is 300 g/mol. The molecule has 0 fully saturated rings. The van der Waals surface area contributed by atoms with Crippen molar-refractivity contribution in [1.29, 1.82) is 0 Å². The minimum absolute atomic E-state index is 0.728. The molecule has 3 rings (SSSR count). The van der Waals surface area contributed by atoms with E-state index in [0.717, 1.165) is 33.5 Å². The highest BCUT2D eigenvalue weighted by molar-refractivity contribution is 7.99. The van der Waals surface area contributed by atoms with E-state index in [-0.39, 0.29) is 0 Å². The first-order chi connectivity index (χ1) is 10.3. The number of hydrogen-bond donors (Lipinski definition) is 0. The van der Waals surface area contributed by atoms with Gasteiger partial charge in [0.1, 0.15) is 5.03 Å². The van der Waals surface area contributed by atoms with Crippen molar-refractivity contribution in [2.24, 2.45) is 0 Å². The molecule has 0 bridgehead atoms. The normalized spacial score (nSPS) is 11.1. The van der Waals surface area contributed by atoms with Crippen molar-refractivity contribution in [1.82, 2.24) is 19.7 Å². The lowest BCUT2D eigenvalue weighted by molar-refractivity contribution is 0.698. The number of fused-ring (bicyclic) bond motifs is 1. The van der Waals surface area contributed by atoms with E-state index in [9.17, 15) is 0 Å². The highest BCUT2D eigenvalue weighted by Gasteiger charge is 2.12. The third-order valence-electron chi connectivity index (χ3n) is 3.08. The molecule has 0 aliphatic carbocycles. The molecule has 2 aromatic heterocycles. The van der Waals surface area contributed by atoms with Crippen LogP contribution in [0.15, 0.2) is 46.7 Å². The van der Waals surface area contributed by atoms with Crippen molar-refractivity contribution in [3.63, 3.8) is 0 Å². The summed E-state index contributed by atoms with van der Waals surface area (Å²) in [5.41, 5.74) is 2.13. The van der Waals surface area contributed by atoms with Crippen LogP contribution in [0.1, 0.15) is 12.5 Å². The summed E-state index contributed by atoms with van der Waals surface area (Å²) in [7, 11) is 0. The Hall–Kier alpha value is -1.53. The summed E-state index contributed by atoms with van der Waals surface area (Å²) in [6, 6.07) is 10.3. The van der Waals surface area contributed by atoms with Crippen LogP contribution in [-0.2, 0) is 6.54 Å². The maximum atomic E-state index is 4.63. The number of thioether (sulfide) groups is 2. The number of hydrogen-bond acceptors (Lipinski definition) is 5. The standard InChI is InChI=1S/C15H16N4S2/c1-3-21-14-12-9-16-19(10-11-7-5-4-6-8-11)13(12)17-15(18-14)20-2/h4-9H,3,10H2,1-2H3. The average molecular weight is 316 g/mol. The lowest BCUT2D eigenvalue weighted by Crippen LogP contribution is -2.03. The molecule has 2 heterocycles. The van der Waals surface area contributed by atoms with Gasteiger partial charge in [0, 0.05) is 0 Å². The van der Waals surface area contributed by atoms with Crippen LogP contribution >= 0.6 is 23.5 Å². The highest BCUT2D eigenvalue weighted by Crippen LogP contribution is 2.27. The van der Waals surface area contributed by atoms with Crippen molar-refractivity contribution in [3.8, 4) is 0 Å². The molecule has 0 amide bonds. The zero-order valence-corrected chi connectivity index (χ0v) is 13.6. The summed E-state index contributed by atoms with van der Waals surface area (Å²) in [5, 5.41) is 7.36. The Morgan fingerprint density at radius 3 is 2.67 bits per heavy atom. The molecule has 0 atom stereocenters. The Balaban J connectivity index is 2.05. The van der Waals surface area contributed by atoms with E-state index in [4.69, 9.17) is 0 Å². The topological polar surface area (TPSA) is 43.6 Å². The Bertz CT molecular complexity index is 740. The molecular formula is C15H16N4S2. The van der Waals surface area contributed by atoms with Crippen molar-refractivity contribution >= 4 is 34.6 Å². The second kappa shape index (κ2) is 6.49. The van der Waals surface area contributed by atoms with E-state index in [1.54, 1.807) is 23.5 Å². The first kappa shape index (κ1) is 14.4. The third kappa shape index (κ3) is 3.06. The lowest BCUT2D eigenvalue weighted by Gasteiger charge is -2.06. The molecule has 108 valence electrons. The fourth-order valence-corrected chi connectivity index (χ4v) is 3.26. The Labute approximate surface area is 132 Å². The Morgan fingerprint density at radius 1 is 1.14 bits per heavy atom. The molecule has 0 unspecified atom stereocenters. The van der Waals surface area contributed by atoms with Gasteiger partial charge in [-0.05, 0) is 17.6 Å². The maximum absolute atomic E-state index is 4.63. The summed E-state index contributed by atoms with van der Waals surface area (Å²) < 4.78 is 1.95. The SMILES string of the molecule is CCSc1nc(SC)nc2c1cnn2Cc1ccccc1. The van der Waals surface area contributed by atoms with E-state index >= 15 is 0 Å². The fourth-order valence-electron chi connectivity index (χ4n) is 2.12. The summed E-state index contributed by atoms with van der Waals surface area (Å²) in [4.78, 5) is 9.22. The molecule has 0 saturated heterocycles. The molecule has 0 saturated carbocycles. The fraction of sp³-hybridized carbons (Fsp3) is 0.267. The molecule has 0 spiro atoms. The van der Waals surface area contributed by atoms with Gasteiger partial charge in [-0.3, -0.25) is 0 Å². The van der Waals surface area contributed by atoms with Gasteiger partial charge in [0.15, 0.2) is 10.8 Å². The zero-order valence-electron chi connectivity index (χ0n) is 12.0. The van der Waals surface area contributed by atoms with Gasteiger partial charge in [-0.25, -0.2) is 14.6 Å². The molecule has 3 aromatic rings. The first-order valence-electron chi connectivity index (χ1n) is 6.76. The van der Waals surface area contributed by atoms with E-state index in [2.05, 4.69) is 34.1 Å². The van der Waals surface area contributed by atoms with Crippen LogP contribution in [0.5, 0.6) is 0 Å². The predicted octanol–water partition coefficient (Wildman–Crippen LogP) is 3.71. The maximum Gasteiger partial charge on any atom is 0.190 e. The van der Waals surface area contributed by atoms with Crippen LogP contribution in [0.4, 0.5) is 0 Å². The summed E-state index contributed by atoms with van der Waals surface area (Å²) >= 11 is 3.30. The van der Waals surface area contributed by atoms with Crippen LogP contribution in [0, 0.1) is 0 Å².